The number of carbonyl (C=O) groups is 1. The number of hydrogen-bond acceptors (Lipinski definition) is 2. The van der Waals surface area contributed by atoms with E-state index in [9.17, 15) is 4.79 Å². The van der Waals surface area contributed by atoms with E-state index in [-0.39, 0.29) is 29.8 Å². The van der Waals surface area contributed by atoms with Gasteiger partial charge in [0.25, 0.3) is 0 Å². The summed E-state index contributed by atoms with van der Waals surface area (Å²) in [6.07, 6.45) is 3.59. The van der Waals surface area contributed by atoms with Crippen LogP contribution in [0.15, 0.2) is 30.3 Å². The van der Waals surface area contributed by atoms with Crippen molar-refractivity contribution in [1.29, 1.82) is 0 Å². The molecule has 0 saturated carbocycles. The summed E-state index contributed by atoms with van der Waals surface area (Å²) < 4.78 is 0. The molecule has 0 aromatic heterocycles. The third-order valence-corrected chi connectivity index (χ3v) is 4.12. The van der Waals surface area contributed by atoms with Crippen LogP contribution in [0.25, 0.3) is 0 Å². The van der Waals surface area contributed by atoms with Crippen LogP contribution in [0, 0.1) is 0 Å². The largest absolute Gasteiger partial charge is 0.354 e. The minimum atomic E-state index is -0.289. The number of benzene rings is 1. The van der Waals surface area contributed by atoms with Gasteiger partial charge < -0.3 is 11.1 Å². The van der Waals surface area contributed by atoms with Crippen molar-refractivity contribution in [3.63, 3.8) is 0 Å². The summed E-state index contributed by atoms with van der Waals surface area (Å²) in [6, 6.07) is 9.99. The molecule has 0 bridgehead atoms. The molecule has 0 aliphatic rings. The lowest BCUT2D eigenvalue weighted by Crippen LogP contribution is -2.50. The number of halogens is 1. The van der Waals surface area contributed by atoms with Gasteiger partial charge >= 0.3 is 0 Å². The third kappa shape index (κ3) is 6.06. The van der Waals surface area contributed by atoms with Crippen molar-refractivity contribution >= 4 is 18.3 Å². The number of amides is 1. The van der Waals surface area contributed by atoms with Crippen LogP contribution in [0.5, 0.6) is 0 Å². The summed E-state index contributed by atoms with van der Waals surface area (Å²) in [7, 11) is 0. The maximum Gasteiger partial charge on any atom is 0.227 e. The molecule has 1 amide bonds. The third-order valence-electron chi connectivity index (χ3n) is 4.12. The first-order valence-electron chi connectivity index (χ1n) is 7.67. The average Bonchev–Trinajstić information content (AvgIpc) is 2.50. The summed E-state index contributed by atoms with van der Waals surface area (Å²) in [5, 5.41) is 3.04. The Morgan fingerprint density at radius 3 is 2.24 bits per heavy atom. The van der Waals surface area contributed by atoms with Gasteiger partial charge in [0.05, 0.1) is 5.92 Å². The van der Waals surface area contributed by atoms with Gasteiger partial charge in [-0.3, -0.25) is 4.79 Å². The van der Waals surface area contributed by atoms with Gasteiger partial charge in [-0.2, -0.15) is 0 Å². The minimum absolute atomic E-state index is 0. The normalized spacial score (nSPS) is 12.4. The van der Waals surface area contributed by atoms with E-state index in [2.05, 4.69) is 26.1 Å². The highest BCUT2D eigenvalue weighted by Crippen LogP contribution is 2.21. The smallest absolute Gasteiger partial charge is 0.227 e. The Balaban J connectivity index is 0.00000400. The fourth-order valence-corrected chi connectivity index (χ4v) is 2.31. The Kier molecular flexibility index (Phi) is 9.31. The second-order valence-corrected chi connectivity index (χ2v) is 5.54. The second-order valence-electron chi connectivity index (χ2n) is 5.54. The number of hydrogen-bond donors (Lipinski definition) is 2. The van der Waals surface area contributed by atoms with Crippen LogP contribution in [0.2, 0.25) is 0 Å². The lowest BCUT2D eigenvalue weighted by Gasteiger charge is -2.28. The van der Waals surface area contributed by atoms with E-state index in [1.165, 1.54) is 0 Å². The lowest BCUT2D eigenvalue weighted by atomic mass is 9.91. The summed E-state index contributed by atoms with van der Waals surface area (Å²) in [4.78, 5) is 12.4. The molecule has 1 aromatic carbocycles. The Morgan fingerprint density at radius 1 is 1.19 bits per heavy atom. The van der Waals surface area contributed by atoms with E-state index >= 15 is 0 Å². The van der Waals surface area contributed by atoms with Gasteiger partial charge in [0.2, 0.25) is 5.91 Å². The molecule has 21 heavy (non-hydrogen) atoms. The highest BCUT2D eigenvalue weighted by Gasteiger charge is 2.24. The van der Waals surface area contributed by atoms with E-state index in [0.29, 0.717) is 6.54 Å². The molecule has 0 spiro atoms. The molecular formula is C17H29ClN2O. The summed E-state index contributed by atoms with van der Waals surface area (Å²) in [6.45, 7) is 6.78. The SMILES string of the molecule is CCCC(C(=O)NCC(N)(CC)CC)c1ccccc1.Cl. The zero-order valence-corrected chi connectivity index (χ0v) is 14.2. The van der Waals surface area contributed by atoms with Crippen molar-refractivity contribution in [2.75, 3.05) is 6.54 Å². The van der Waals surface area contributed by atoms with Crippen LogP contribution in [-0.4, -0.2) is 18.0 Å². The molecule has 3 N–H and O–H groups in total. The maximum atomic E-state index is 12.4. The molecule has 0 radical (unpaired) electrons. The van der Waals surface area contributed by atoms with Crippen molar-refractivity contribution in [2.24, 2.45) is 5.73 Å². The molecule has 3 nitrogen and oxygen atoms in total. The van der Waals surface area contributed by atoms with Crippen molar-refractivity contribution in [1.82, 2.24) is 5.32 Å². The topological polar surface area (TPSA) is 55.1 Å². The fraction of sp³-hybridized carbons (Fsp3) is 0.588. The van der Waals surface area contributed by atoms with E-state index in [1.807, 2.05) is 30.3 Å². The Labute approximate surface area is 135 Å². The van der Waals surface area contributed by atoms with Crippen molar-refractivity contribution in [3.05, 3.63) is 35.9 Å². The van der Waals surface area contributed by atoms with E-state index in [1.54, 1.807) is 0 Å². The molecule has 1 aromatic rings. The van der Waals surface area contributed by atoms with Crippen LogP contribution in [-0.2, 0) is 4.79 Å². The van der Waals surface area contributed by atoms with Crippen LogP contribution in [0.3, 0.4) is 0 Å². The molecule has 0 aliphatic carbocycles. The van der Waals surface area contributed by atoms with Crippen LogP contribution < -0.4 is 11.1 Å². The molecule has 4 heteroatoms. The minimum Gasteiger partial charge on any atom is -0.354 e. The fourth-order valence-electron chi connectivity index (χ4n) is 2.31. The van der Waals surface area contributed by atoms with Crippen molar-refractivity contribution < 1.29 is 4.79 Å². The van der Waals surface area contributed by atoms with Crippen molar-refractivity contribution in [3.8, 4) is 0 Å². The van der Waals surface area contributed by atoms with Crippen LogP contribution >= 0.6 is 12.4 Å². The average molecular weight is 313 g/mol. The standard InChI is InChI=1S/C17H28N2O.ClH/c1-4-10-15(14-11-8-7-9-12-14)16(20)19-13-17(18,5-2)6-3;/h7-9,11-12,15H,4-6,10,13,18H2,1-3H3,(H,19,20);1H. The first-order chi connectivity index (χ1) is 9.56. The van der Waals surface area contributed by atoms with E-state index in [4.69, 9.17) is 5.73 Å². The second kappa shape index (κ2) is 9.80. The van der Waals surface area contributed by atoms with Gasteiger partial charge in [0.1, 0.15) is 0 Å². The maximum absolute atomic E-state index is 12.4. The first-order valence-corrected chi connectivity index (χ1v) is 7.67. The first kappa shape index (κ1) is 19.9. The van der Waals surface area contributed by atoms with E-state index < -0.39 is 0 Å². The number of nitrogens with one attached hydrogen (secondary N) is 1. The molecule has 0 saturated heterocycles. The number of carbonyl (C=O) groups excluding carboxylic acids is 1. The Morgan fingerprint density at radius 2 is 1.76 bits per heavy atom. The number of rotatable bonds is 8. The van der Waals surface area contributed by atoms with Gasteiger partial charge in [-0.25, -0.2) is 0 Å². The summed E-state index contributed by atoms with van der Waals surface area (Å²) in [5.41, 5.74) is 7.04. The Bertz CT molecular complexity index is 405. The van der Waals surface area contributed by atoms with Crippen LogP contribution in [0.1, 0.15) is 57.9 Å². The molecule has 1 unspecified atom stereocenters. The zero-order valence-electron chi connectivity index (χ0n) is 13.4. The summed E-state index contributed by atoms with van der Waals surface area (Å²) >= 11 is 0. The summed E-state index contributed by atoms with van der Waals surface area (Å²) in [5.74, 6) is 0.0222. The molecule has 0 fully saturated rings. The lowest BCUT2D eigenvalue weighted by molar-refractivity contribution is -0.123. The van der Waals surface area contributed by atoms with Crippen molar-refractivity contribution in [2.45, 2.75) is 57.9 Å². The highest BCUT2D eigenvalue weighted by atomic mass is 35.5. The molecular weight excluding hydrogens is 284 g/mol. The number of nitrogens with two attached hydrogens (primary N) is 1. The van der Waals surface area contributed by atoms with Gasteiger partial charge in [0, 0.05) is 12.1 Å². The predicted octanol–water partition coefficient (Wildman–Crippen LogP) is 3.63. The van der Waals surface area contributed by atoms with Gasteiger partial charge in [-0.15, -0.1) is 12.4 Å². The van der Waals surface area contributed by atoms with Gasteiger partial charge in [0.15, 0.2) is 0 Å². The quantitative estimate of drug-likeness (QED) is 0.770. The zero-order chi connectivity index (χ0) is 15.0. The van der Waals surface area contributed by atoms with Gasteiger partial charge in [-0.05, 0) is 24.8 Å². The molecule has 1 rings (SSSR count). The van der Waals surface area contributed by atoms with Crippen LogP contribution in [0.4, 0.5) is 0 Å². The molecule has 1 atom stereocenters. The van der Waals surface area contributed by atoms with E-state index in [0.717, 1.165) is 31.2 Å². The van der Waals surface area contributed by atoms with Gasteiger partial charge in [-0.1, -0.05) is 57.5 Å². The molecule has 0 heterocycles. The highest BCUT2D eigenvalue weighted by molar-refractivity contribution is 5.85. The molecule has 0 aliphatic heterocycles. The Hall–Kier alpha value is -1.06. The monoisotopic (exact) mass is 312 g/mol. The molecule has 120 valence electrons. The predicted molar refractivity (Wildman–Crippen MR) is 91.8 cm³/mol.